The Bertz CT molecular complexity index is 450. The van der Waals surface area contributed by atoms with Gasteiger partial charge in [-0.15, -0.1) is 0 Å². The van der Waals surface area contributed by atoms with Gasteiger partial charge in [0.25, 0.3) is 0 Å². The molecule has 1 aromatic rings. The molecule has 2 rings (SSSR count). The SMILES string of the molecule is CC1CCCN(c2ccc(C#N)c(Cl)c2)C1C. The topological polar surface area (TPSA) is 27.0 Å². The minimum absolute atomic E-state index is 0.535. The number of halogens is 1. The Morgan fingerprint density at radius 1 is 1.41 bits per heavy atom. The molecule has 3 heteroatoms. The lowest BCUT2D eigenvalue weighted by Crippen LogP contribution is -2.42. The van der Waals surface area contributed by atoms with Crippen molar-refractivity contribution in [3.63, 3.8) is 0 Å². The standard InChI is InChI=1S/C14H17ClN2/c1-10-4-3-7-17(11(10)2)13-6-5-12(9-16)14(15)8-13/h5-6,8,10-11H,3-4,7H2,1-2H3. The number of rotatable bonds is 1. The van der Waals surface area contributed by atoms with Crippen molar-refractivity contribution in [2.75, 3.05) is 11.4 Å². The fraction of sp³-hybridized carbons (Fsp3) is 0.500. The fourth-order valence-electron chi connectivity index (χ4n) is 2.47. The van der Waals surface area contributed by atoms with Crippen molar-refractivity contribution >= 4 is 17.3 Å². The maximum atomic E-state index is 8.87. The third-order valence-electron chi connectivity index (χ3n) is 3.78. The molecule has 1 aromatic carbocycles. The van der Waals surface area contributed by atoms with Gasteiger partial charge in [0, 0.05) is 18.3 Å². The first kappa shape index (κ1) is 12.3. The van der Waals surface area contributed by atoms with Crippen molar-refractivity contribution in [2.24, 2.45) is 5.92 Å². The summed E-state index contributed by atoms with van der Waals surface area (Å²) in [7, 11) is 0. The molecule has 90 valence electrons. The Balaban J connectivity index is 2.28. The van der Waals surface area contributed by atoms with E-state index < -0.39 is 0 Å². The van der Waals surface area contributed by atoms with E-state index in [1.54, 1.807) is 0 Å². The zero-order valence-corrected chi connectivity index (χ0v) is 11.0. The molecule has 0 radical (unpaired) electrons. The van der Waals surface area contributed by atoms with Crippen LogP contribution in [0.15, 0.2) is 18.2 Å². The monoisotopic (exact) mass is 248 g/mol. The smallest absolute Gasteiger partial charge is 0.101 e. The molecule has 2 unspecified atom stereocenters. The number of hydrogen-bond acceptors (Lipinski definition) is 2. The first-order valence-electron chi connectivity index (χ1n) is 6.09. The first-order chi connectivity index (χ1) is 8.13. The van der Waals surface area contributed by atoms with Crippen LogP contribution in [-0.2, 0) is 0 Å². The first-order valence-corrected chi connectivity index (χ1v) is 6.47. The van der Waals surface area contributed by atoms with Crippen LogP contribution in [0.4, 0.5) is 5.69 Å². The molecule has 0 amide bonds. The van der Waals surface area contributed by atoms with E-state index in [1.807, 2.05) is 18.2 Å². The van der Waals surface area contributed by atoms with Gasteiger partial charge in [0.2, 0.25) is 0 Å². The number of anilines is 1. The largest absolute Gasteiger partial charge is 0.369 e. The van der Waals surface area contributed by atoms with Crippen LogP contribution in [0.3, 0.4) is 0 Å². The molecule has 1 saturated heterocycles. The van der Waals surface area contributed by atoms with Gasteiger partial charge in [-0.3, -0.25) is 0 Å². The van der Waals surface area contributed by atoms with E-state index in [1.165, 1.54) is 12.8 Å². The van der Waals surface area contributed by atoms with E-state index >= 15 is 0 Å². The normalized spacial score (nSPS) is 24.5. The summed E-state index contributed by atoms with van der Waals surface area (Å²) < 4.78 is 0. The molecular formula is C14H17ClN2. The average molecular weight is 249 g/mol. The summed E-state index contributed by atoms with van der Waals surface area (Å²) in [5.41, 5.74) is 1.68. The number of benzene rings is 1. The molecule has 0 spiro atoms. The summed E-state index contributed by atoms with van der Waals surface area (Å²) in [6.45, 7) is 5.63. The Kier molecular flexibility index (Phi) is 3.59. The molecule has 1 aliphatic heterocycles. The van der Waals surface area contributed by atoms with Crippen LogP contribution >= 0.6 is 11.6 Å². The molecule has 1 heterocycles. The van der Waals surface area contributed by atoms with Crippen molar-refractivity contribution in [1.29, 1.82) is 5.26 Å². The third kappa shape index (κ3) is 2.40. The second-order valence-corrected chi connectivity index (χ2v) is 5.24. The quantitative estimate of drug-likeness (QED) is 0.755. The summed E-state index contributed by atoms with van der Waals surface area (Å²) in [6.07, 6.45) is 2.52. The molecular weight excluding hydrogens is 232 g/mol. The zero-order chi connectivity index (χ0) is 12.4. The van der Waals surface area contributed by atoms with E-state index in [0.717, 1.165) is 12.2 Å². The third-order valence-corrected chi connectivity index (χ3v) is 4.09. The summed E-state index contributed by atoms with van der Waals surface area (Å²) in [5, 5.41) is 9.42. The van der Waals surface area contributed by atoms with Crippen LogP contribution in [0, 0.1) is 17.2 Å². The molecule has 1 aliphatic rings. The number of nitrogens with zero attached hydrogens (tertiary/aromatic N) is 2. The van der Waals surface area contributed by atoms with E-state index in [4.69, 9.17) is 16.9 Å². The average Bonchev–Trinajstić information content (AvgIpc) is 2.32. The zero-order valence-electron chi connectivity index (χ0n) is 10.3. The van der Waals surface area contributed by atoms with Crippen molar-refractivity contribution in [3.05, 3.63) is 28.8 Å². The highest BCUT2D eigenvalue weighted by Gasteiger charge is 2.25. The summed E-state index contributed by atoms with van der Waals surface area (Å²) in [6, 6.07) is 8.35. The predicted octanol–water partition coefficient (Wildman–Crippen LogP) is 3.84. The van der Waals surface area contributed by atoms with E-state index in [2.05, 4.69) is 24.8 Å². The van der Waals surface area contributed by atoms with E-state index in [9.17, 15) is 0 Å². The highest BCUT2D eigenvalue weighted by molar-refractivity contribution is 6.32. The minimum Gasteiger partial charge on any atom is -0.369 e. The Morgan fingerprint density at radius 2 is 2.18 bits per heavy atom. The predicted molar refractivity (Wildman–Crippen MR) is 71.4 cm³/mol. The molecule has 1 fully saturated rings. The van der Waals surface area contributed by atoms with Crippen molar-refractivity contribution < 1.29 is 0 Å². The molecule has 0 saturated carbocycles. The van der Waals surface area contributed by atoms with Crippen LogP contribution in [0.2, 0.25) is 5.02 Å². The van der Waals surface area contributed by atoms with Crippen LogP contribution < -0.4 is 4.90 Å². The lowest BCUT2D eigenvalue weighted by molar-refractivity contribution is 0.363. The molecule has 2 atom stereocenters. The van der Waals surface area contributed by atoms with Gasteiger partial charge in [0.1, 0.15) is 6.07 Å². The molecule has 0 aromatic heterocycles. The van der Waals surface area contributed by atoms with Crippen LogP contribution in [-0.4, -0.2) is 12.6 Å². The van der Waals surface area contributed by atoms with E-state index in [-0.39, 0.29) is 0 Å². The summed E-state index contributed by atoms with van der Waals surface area (Å²) in [5.74, 6) is 0.707. The van der Waals surface area contributed by atoms with Gasteiger partial charge in [-0.1, -0.05) is 18.5 Å². The molecule has 17 heavy (non-hydrogen) atoms. The van der Waals surface area contributed by atoms with Gasteiger partial charge in [0.15, 0.2) is 0 Å². The van der Waals surface area contributed by atoms with Gasteiger partial charge < -0.3 is 4.90 Å². The number of hydrogen-bond donors (Lipinski definition) is 0. The maximum Gasteiger partial charge on any atom is 0.101 e. The van der Waals surface area contributed by atoms with Gasteiger partial charge in [-0.25, -0.2) is 0 Å². The highest BCUT2D eigenvalue weighted by atomic mass is 35.5. The Morgan fingerprint density at radius 3 is 2.82 bits per heavy atom. The lowest BCUT2D eigenvalue weighted by atomic mass is 9.91. The van der Waals surface area contributed by atoms with Gasteiger partial charge >= 0.3 is 0 Å². The van der Waals surface area contributed by atoms with Crippen LogP contribution in [0.5, 0.6) is 0 Å². The molecule has 0 bridgehead atoms. The van der Waals surface area contributed by atoms with Gasteiger partial charge in [0.05, 0.1) is 10.6 Å². The lowest BCUT2D eigenvalue weighted by Gasteiger charge is -2.39. The van der Waals surface area contributed by atoms with Crippen molar-refractivity contribution in [1.82, 2.24) is 0 Å². The molecule has 0 aliphatic carbocycles. The van der Waals surface area contributed by atoms with Gasteiger partial charge in [-0.05, 0) is 43.9 Å². The minimum atomic E-state index is 0.535. The number of nitriles is 1. The number of piperidine rings is 1. The Hall–Kier alpha value is -1.20. The van der Waals surface area contributed by atoms with Crippen molar-refractivity contribution in [2.45, 2.75) is 32.7 Å². The maximum absolute atomic E-state index is 8.87. The summed E-state index contributed by atoms with van der Waals surface area (Å²) in [4.78, 5) is 2.39. The second-order valence-electron chi connectivity index (χ2n) is 4.83. The van der Waals surface area contributed by atoms with Gasteiger partial charge in [-0.2, -0.15) is 5.26 Å². The van der Waals surface area contributed by atoms with E-state index in [0.29, 0.717) is 22.5 Å². The Labute approximate surface area is 108 Å². The summed E-state index contributed by atoms with van der Waals surface area (Å²) >= 11 is 6.08. The van der Waals surface area contributed by atoms with Crippen LogP contribution in [0.1, 0.15) is 32.3 Å². The second kappa shape index (κ2) is 4.98. The van der Waals surface area contributed by atoms with Crippen LogP contribution in [0.25, 0.3) is 0 Å². The molecule has 0 N–H and O–H groups in total. The van der Waals surface area contributed by atoms with Crippen molar-refractivity contribution in [3.8, 4) is 6.07 Å². The fourth-order valence-corrected chi connectivity index (χ4v) is 2.69. The highest BCUT2D eigenvalue weighted by Crippen LogP contribution is 2.30. The molecule has 2 nitrogen and oxygen atoms in total.